The molecule has 0 heterocycles. The quantitative estimate of drug-likeness (QED) is 0.794. The molecule has 0 fully saturated rings. The lowest BCUT2D eigenvalue weighted by Crippen LogP contribution is -2.29. The van der Waals surface area contributed by atoms with E-state index in [1.165, 1.54) is 12.1 Å². The molecule has 0 aliphatic heterocycles. The van der Waals surface area contributed by atoms with Gasteiger partial charge in [-0.25, -0.2) is 0 Å². The number of hydrogen-bond acceptors (Lipinski definition) is 3. The summed E-state index contributed by atoms with van der Waals surface area (Å²) < 4.78 is 0. The van der Waals surface area contributed by atoms with Gasteiger partial charge in [0.25, 0.3) is 0 Å². The van der Waals surface area contributed by atoms with Gasteiger partial charge in [0.15, 0.2) is 0 Å². The van der Waals surface area contributed by atoms with E-state index in [4.69, 9.17) is 11.6 Å². The van der Waals surface area contributed by atoms with Gasteiger partial charge in [-0.15, -0.1) is 0 Å². The molecule has 5 heteroatoms. The highest BCUT2D eigenvalue weighted by Gasteiger charge is 2.12. The summed E-state index contributed by atoms with van der Waals surface area (Å²) in [5, 5.41) is 22.3. The fraction of sp³-hybridized carbons (Fsp3) is 0.188. The molecule has 0 saturated carbocycles. The first-order valence-electron chi connectivity index (χ1n) is 6.53. The van der Waals surface area contributed by atoms with Gasteiger partial charge in [0.2, 0.25) is 5.91 Å². The molecule has 0 aromatic heterocycles. The monoisotopic (exact) mass is 305 g/mol. The molecule has 2 rings (SSSR count). The number of phenolic OH excluding ortho intramolecular Hbond substituents is 1. The number of nitrogens with one attached hydrogen (secondary N) is 1. The summed E-state index contributed by atoms with van der Waals surface area (Å²) in [6, 6.07) is 13.4. The second-order valence-electron chi connectivity index (χ2n) is 4.68. The van der Waals surface area contributed by atoms with Crippen molar-refractivity contribution in [1.29, 1.82) is 0 Å². The molecule has 110 valence electrons. The first kappa shape index (κ1) is 15.4. The van der Waals surface area contributed by atoms with Crippen LogP contribution in [0.5, 0.6) is 5.75 Å². The number of benzene rings is 2. The van der Waals surface area contributed by atoms with Gasteiger partial charge in [-0.2, -0.15) is 0 Å². The molecule has 4 nitrogen and oxygen atoms in total. The summed E-state index contributed by atoms with van der Waals surface area (Å²) in [6.07, 6.45) is -0.655. The van der Waals surface area contributed by atoms with Crippen molar-refractivity contribution in [2.75, 3.05) is 6.54 Å². The highest BCUT2D eigenvalue weighted by atomic mass is 35.5. The summed E-state index contributed by atoms with van der Waals surface area (Å²) in [7, 11) is 0. The van der Waals surface area contributed by atoms with E-state index >= 15 is 0 Å². The summed E-state index contributed by atoms with van der Waals surface area (Å²) >= 11 is 5.98. The molecule has 0 aliphatic rings. The molecule has 2 aromatic rings. The normalized spacial score (nSPS) is 11.9. The zero-order valence-electron chi connectivity index (χ0n) is 11.3. The topological polar surface area (TPSA) is 69.6 Å². The van der Waals surface area contributed by atoms with Crippen LogP contribution in [0.2, 0.25) is 5.02 Å². The Morgan fingerprint density at radius 3 is 2.48 bits per heavy atom. The van der Waals surface area contributed by atoms with Crippen LogP contribution in [0.3, 0.4) is 0 Å². The van der Waals surface area contributed by atoms with E-state index in [1.807, 2.05) is 0 Å². The minimum Gasteiger partial charge on any atom is -0.508 e. The second-order valence-corrected chi connectivity index (χ2v) is 5.09. The number of aliphatic hydroxyl groups excluding tert-OH is 1. The first-order valence-corrected chi connectivity index (χ1v) is 6.91. The van der Waals surface area contributed by atoms with Crippen LogP contribution in [0.15, 0.2) is 48.5 Å². The van der Waals surface area contributed by atoms with Crippen LogP contribution in [-0.4, -0.2) is 22.7 Å². The summed E-state index contributed by atoms with van der Waals surface area (Å²) in [4.78, 5) is 11.8. The molecule has 0 saturated heterocycles. The lowest BCUT2D eigenvalue weighted by molar-refractivity contribution is -0.120. The maximum Gasteiger partial charge on any atom is 0.224 e. The van der Waals surface area contributed by atoms with E-state index in [2.05, 4.69) is 5.32 Å². The van der Waals surface area contributed by atoms with Crippen molar-refractivity contribution < 1.29 is 15.0 Å². The lowest BCUT2D eigenvalue weighted by atomic mass is 10.1. The smallest absolute Gasteiger partial charge is 0.224 e. The predicted molar refractivity (Wildman–Crippen MR) is 81.2 cm³/mol. The summed E-state index contributed by atoms with van der Waals surface area (Å²) in [5.41, 5.74) is 1.38. The number of halogens is 1. The third-order valence-electron chi connectivity index (χ3n) is 3.06. The Morgan fingerprint density at radius 1 is 1.14 bits per heavy atom. The average Bonchev–Trinajstić information content (AvgIpc) is 2.48. The number of aromatic hydroxyl groups is 1. The Morgan fingerprint density at radius 2 is 1.81 bits per heavy atom. The molecule has 0 radical (unpaired) electrons. The van der Waals surface area contributed by atoms with Gasteiger partial charge in [0, 0.05) is 17.1 Å². The number of aliphatic hydroxyl groups is 1. The first-order chi connectivity index (χ1) is 10.1. The van der Waals surface area contributed by atoms with Gasteiger partial charge in [-0.1, -0.05) is 41.9 Å². The van der Waals surface area contributed by atoms with Gasteiger partial charge in [-0.3, -0.25) is 4.79 Å². The molecule has 1 unspecified atom stereocenters. The molecule has 3 N–H and O–H groups in total. The Hall–Kier alpha value is -2.04. The number of rotatable bonds is 5. The molecule has 21 heavy (non-hydrogen) atoms. The second kappa shape index (κ2) is 7.11. The standard InChI is InChI=1S/C16H16ClNO3/c17-14-4-2-1-3-13(14)15(20)10-18-16(21)9-11-5-7-12(19)8-6-11/h1-8,15,19-20H,9-10H2,(H,18,21). The van der Waals surface area contributed by atoms with E-state index < -0.39 is 6.10 Å². The van der Waals surface area contributed by atoms with Crippen molar-refractivity contribution in [2.45, 2.75) is 12.5 Å². The maximum atomic E-state index is 11.8. The Kier molecular flexibility index (Phi) is 5.20. The zero-order valence-corrected chi connectivity index (χ0v) is 12.0. The van der Waals surface area contributed by atoms with Crippen molar-refractivity contribution >= 4 is 17.5 Å². The molecule has 0 spiro atoms. The van der Waals surface area contributed by atoms with Crippen LogP contribution in [0.25, 0.3) is 0 Å². The van der Waals surface area contributed by atoms with Gasteiger partial charge in [-0.05, 0) is 23.8 Å². The largest absolute Gasteiger partial charge is 0.508 e. The zero-order chi connectivity index (χ0) is 15.2. The third kappa shape index (κ3) is 4.48. The molecule has 0 bridgehead atoms. The van der Waals surface area contributed by atoms with E-state index in [0.29, 0.717) is 10.6 Å². The Bertz CT molecular complexity index is 613. The summed E-state index contributed by atoms with van der Waals surface area (Å²) in [5.74, 6) is -0.0416. The van der Waals surface area contributed by atoms with Crippen molar-refractivity contribution in [3.8, 4) is 5.75 Å². The van der Waals surface area contributed by atoms with Crippen molar-refractivity contribution in [2.24, 2.45) is 0 Å². The van der Waals surface area contributed by atoms with Crippen LogP contribution >= 0.6 is 11.6 Å². The molecule has 1 amide bonds. The maximum absolute atomic E-state index is 11.8. The van der Waals surface area contributed by atoms with E-state index in [1.54, 1.807) is 36.4 Å². The lowest BCUT2D eigenvalue weighted by Gasteiger charge is -2.13. The SMILES string of the molecule is O=C(Cc1ccc(O)cc1)NCC(O)c1ccccc1Cl. The number of carbonyl (C=O) groups excluding carboxylic acids is 1. The van der Waals surface area contributed by atoms with Crippen molar-refractivity contribution in [3.63, 3.8) is 0 Å². The molecule has 2 aromatic carbocycles. The number of hydrogen-bond donors (Lipinski definition) is 3. The minimum atomic E-state index is -0.845. The summed E-state index contributed by atoms with van der Waals surface area (Å²) in [6.45, 7) is 0.0979. The average molecular weight is 306 g/mol. The van der Waals surface area contributed by atoms with Crippen LogP contribution in [0.1, 0.15) is 17.2 Å². The Labute approximate surface area is 128 Å². The highest BCUT2D eigenvalue weighted by molar-refractivity contribution is 6.31. The van der Waals surface area contributed by atoms with E-state index in [9.17, 15) is 15.0 Å². The minimum absolute atomic E-state index is 0.0979. The fourth-order valence-corrected chi connectivity index (χ4v) is 2.19. The number of amides is 1. The van der Waals surface area contributed by atoms with Gasteiger partial charge in [0.05, 0.1) is 12.5 Å². The van der Waals surface area contributed by atoms with Crippen LogP contribution in [-0.2, 0) is 11.2 Å². The van der Waals surface area contributed by atoms with Gasteiger partial charge >= 0.3 is 0 Å². The predicted octanol–water partition coefficient (Wildman–Crippen LogP) is 2.44. The molecular weight excluding hydrogens is 290 g/mol. The van der Waals surface area contributed by atoms with Crippen molar-refractivity contribution in [1.82, 2.24) is 5.32 Å². The number of phenols is 1. The Balaban J connectivity index is 1.86. The van der Waals surface area contributed by atoms with E-state index in [0.717, 1.165) is 5.56 Å². The molecule has 0 aliphatic carbocycles. The van der Waals surface area contributed by atoms with Crippen LogP contribution < -0.4 is 5.32 Å². The highest BCUT2D eigenvalue weighted by Crippen LogP contribution is 2.21. The van der Waals surface area contributed by atoms with E-state index in [-0.39, 0.29) is 24.6 Å². The number of carbonyl (C=O) groups is 1. The van der Waals surface area contributed by atoms with Crippen LogP contribution in [0, 0.1) is 0 Å². The van der Waals surface area contributed by atoms with Crippen molar-refractivity contribution in [3.05, 3.63) is 64.7 Å². The fourth-order valence-electron chi connectivity index (χ4n) is 1.93. The van der Waals surface area contributed by atoms with Gasteiger partial charge < -0.3 is 15.5 Å². The van der Waals surface area contributed by atoms with Crippen LogP contribution in [0.4, 0.5) is 0 Å². The van der Waals surface area contributed by atoms with Gasteiger partial charge in [0.1, 0.15) is 5.75 Å². The molecule has 1 atom stereocenters. The molecular formula is C16H16ClNO3. The third-order valence-corrected chi connectivity index (χ3v) is 3.40.